The summed E-state index contributed by atoms with van der Waals surface area (Å²) in [5, 5.41) is 8.19. The fourth-order valence-corrected chi connectivity index (χ4v) is 2.11. The molecule has 2 aromatic rings. The molecule has 6 heteroatoms. The molecule has 0 heterocycles. The predicted molar refractivity (Wildman–Crippen MR) is 92.3 cm³/mol. The summed E-state index contributed by atoms with van der Waals surface area (Å²) < 4.78 is 28.8. The first kappa shape index (κ1) is 17.5. The minimum absolute atomic E-state index is 0.285. The Morgan fingerprint density at radius 2 is 1.54 bits per heavy atom. The fraction of sp³-hybridized carbons (Fsp3) is 0.222. The topological polar surface area (TPSA) is 52.4 Å². The van der Waals surface area contributed by atoms with Crippen LogP contribution in [0.4, 0.5) is 4.39 Å². The Morgan fingerprint density at radius 1 is 0.958 bits per heavy atom. The lowest BCUT2D eigenvalue weighted by molar-refractivity contribution is 0.324. The number of halogens is 1. The number of hydrogen-bond donors (Lipinski definition) is 0. The number of methoxy groups -OCH3 is 3. The minimum atomic E-state index is -0.285. The molecule has 0 N–H and O–H groups in total. The average molecular weight is 330 g/mol. The Kier molecular flexibility index (Phi) is 5.89. The number of nitrogens with zero attached hydrogens (tertiary/aromatic N) is 2. The van der Waals surface area contributed by atoms with Gasteiger partial charge in [-0.05, 0) is 36.8 Å². The van der Waals surface area contributed by atoms with E-state index in [-0.39, 0.29) is 5.82 Å². The SMILES string of the molecule is COc1cc(/C=N\N=C(/C)c2ccc(F)cc2)cc(OC)c1OC. The fourth-order valence-electron chi connectivity index (χ4n) is 2.11. The van der Waals surface area contributed by atoms with Gasteiger partial charge >= 0.3 is 0 Å². The average Bonchev–Trinajstić information content (AvgIpc) is 2.61. The van der Waals surface area contributed by atoms with Crippen LogP contribution < -0.4 is 14.2 Å². The van der Waals surface area contributed by atoms with Gasteiger partial charge in [-0.3, -0.25) is 0 Å². The summed E-state index contributed by atoms with van der Waals surface area (Å²) in [7, 11) is 4.65. The third-order valence-electron chi connectivity index (χ3n) is 3.36. The van der Waals surface area contributed by atoms with Crippen LogP contribution in [-0.4, -0.2) is 33.3 Å². The lowest BCUT2D eigenvalue weighted by atomic mass is 10.1. The smallest absolute Gasteiger partial charge is 0.203 e. The maximum absolute atomic E-state index is 12.9. The summed E-state index contributed by atoms with van der Waals surface area (Å²) in [6.45, 7) is 1.81. The van der Waals surface area contributed by atoms with Gasteiger partial charge in [0.15, 0.2) is 11.5 Å². The van der Waals surface area contributed by atoms with Crippen LogP contribution in [0.25, 0.3) is 0 Å². The Labute approximate surface area is 140 Å². The standard InChI is InChI=1S/C18H19FN2O3/c1-12(14-5-7-15(19)8-6-14)21-20-11-13-9-16(22-2)18(24-4)17(10-13)23-3/h5-11H,1-4H3/b20-11-,21-12+. The molecule has 0 amide bonds. The summed E-state index contributed by atoms with van der Waals surface area (Å²) >= 11 is 0. The van der Waals surface area contributed by atoms with E-state index >= 15 is 0 Å². The van der Waals surface area contributed by atoms with Gasteiger partial charge in [0.05, 0.1) is 33.3 Å². The van der Waals surface area contributed by atoms with Crippen molar-refractivity contribution in [2.75, 3.05) is 21.3 Å². The van der Waals surface area contributed by atoms with E-state index in [0.29, 0.717) is 23.0 Å². The van der Waals surface area contributed by atoms with Gasteiger partial charge in [0.2, 0.25) is 5.75 Å². The molecular weight excluding hydrogens is 311 g/mol. The van der Waals surface area contributed by atoms with Crippen molar-refractivity contribution in [3.8, 4) is 17.2 Å². The molecule has 0 saturated heterocycles. The van der Waals surface area contributed by atoms with E-state index in [1.54, 1.807) is 58.7 Å². The minimum Gasteiger partial charge on any atom is -0.493 e. The van der Waals surface area contributed by atoms with Crippen molar-refractivity contribution in [3.05, 3.63) is 53.3 Å². The molecule has 0 aromatic heterocycles. The first-order valence-electron chi connectivity index (χ1n) is 7.22. The van der Waals surface area contributed by atoms with Gasteiger partial charge in [0.1, 0.15) is 5.82 Å². The predicted octanol–water partition coefficient (Wildman–Crippen LogP) is 3.69. The lowest BCUT2D eigenvalue weighted by Crippen LogP contribution is -1.97. The van der Waals surface area contributed by atoms with Crippen molar-refractivity contribution in [3.63, 3.8) is 0 Å². The highest BCUT2D eigenvalue weighted by atomic mass is 19.1. The largest absolute Gasteiger partial charge is 0.493 e. The van der Waals surface area contributed by atoms with E-state index in [4.69, 9.17) is 14.2 Å². The summed E-state index contributed by atoms with van der Waals surface area (Å²) in [5.41, 5.74) is 2.23. The third kappa shape index (κ3) is 4.10. The number of ether oxygens (including phenoxy) is 3. The molecule has 0 aliphatic heterocycles. The number of rotatable bonds is 6. The second-order valence-electron chi connectivity index (χ2n) is 4.90. The quantitative estimate of drug-likeness (QED) is 0.599. The van der Waals surface area contributed by atoms with Crippen LogP contribution in [0.5, 0.6) is 17.2 Å². The molecule has 0 aliphatic carbocycles. The Morgan fingerprint density at radius 3 is 2.04 bits per heavy atom. The highest BCUT2D eigenvalue weighted by Gasteiger charge is 2.12. The zero-order valence-corrected chi connectivity index (χ0v) is 14.0. The van der Waals surface area contributed by atoms with Gasteiger partial charge in [0.25, 0.3) is 0 Å². The Hall–Kier alpha value is -2.89. The first-order chi connectivity index (χ1) is 11.6. The monoisotopic (exact) mass is 330 g/mol. The van der Waals surface area contributed by atoms with Crippen LogP contribution in [0, 0.1) is 5.82 Å². The number of hydrogen-bond acceptors (Lipinski definition) is 5. The molecule has 0 saturated carbocycles. The molecule has 0 unspecified atom stereocenters. The molecule has 5 nitrogen and oxygen atoms in total. The van der Waals surface area contributed by atoms with E-state index in [1.165, 1.54) is 12.1 Å². The molecule has 0 aliphatic rings. The Bertz CT molecular complexity index is 730. The van der Waals surface area contributed by atoms with Gasteiger partial charge in [-0.25, -0.2) is 4.39 Å². The maximum atomic E-state index is 12.9. The summed E-state index contributed by atoms with van der Waals surface area (Å²) in [6.07, 6.45) is 1.58. The second kappa shape index (κ2) is 8.10. The van der Waals surface area contributed by atoms with E-state index in [1.807, 2.05) is 0 Å². The maximum Gasteiger partial charge on any atom is 0.203 e. The van der Waals surface area contributed by atoms with Crippen molar-refractivity contribution in [1.82, 2.24) is 0 Å². The third-order valence-corrected chi connectivity index (χ3v) is 3.36. The normalized spacial score (nSPS) is 11.6. The van der Waals surface area contributed by atoms with Crippen molar-refractivity contribution in [2.24, 2.45) is 10.2 Å². The molecule has 0 bridgehead atoms. The van der Waals surface area contributed by atoms with Crippen LogP contribution in [0.1, 0.15) is 18.1 Å². The zero-order valence-electron chi connectivity index (χ0n) is 14.0. The molecule has 2 rings (SSSR count). The lowest BCUT2D eigenvalue weighted by Gasteiger charge is -2.12. The van der Waals surface area contributed by atoms with Crippen molar-refractivity contribution in [1.29, 1.82) is 0 Å². The summed E-state index contributed by atoms with van der Waals surface area (Å²) in [6, 6.07) is 9.63. The summed E-state index contributed by atoms with van der Waals surface area (Å²) in [4.78, 5) is 0. The highest BCUT2D eigenvalue weighted by Crippen LogP contribution is 2.37. The molecule has 0 radical (unpaired) electrons. The molecule has 0 fully saturated rings. The van der Waals surface area contributed by atoms with Crippen molar-refractivity contribution < 1.29 is 18.6 Å². The van der Waals surface area contributed by atoms with E-state index in [9.17, 15) is 4.39 Å². The van der Waals surface area contributed by atoms with Gasteiger partial charge in [-0.2, -0.15) is 10.2 Å². The van der Waals surface area contributed by atoms with Gasteiger partial charge in [-0.1, -0.05) is 12.1 Å². The van der Waals surface area contributed by atoms with Crippen LogP contribution in [0.3, 0.4) is 0 Å². The van der Waals surface area contributed by atoms with Gasteiger partial charge < -0.3 is 14.2 Å². The molecule has 0 atom stereocenters. The first-order valence-corrected chi connectivity index (χ1v) is 7.22. The van der Waals surface area contributed by atoms with Crippen LogP contribution >= 0.6 is 0 Å². The number of benzene rings is 2. The Balaban J connectivity index is 2.25. The van der Waals surface area contributed by atoms with Crippen molar-refractivity contribution in [2.45, 2.75) is 6.92 Å². The summed E-state index contributed by atoms with van der Waals surface area (Å²) in [5.74, 6) is 1.31. The van der Waals surface area contributed by atoms with E-state index < -0.39 is 0 Å². The molecule has 24 heavy (non-hydrogen) atoms. The van der Waals surface area contributed by atoms with Gasteiger partial charge in [-0.15, -0.1) is 0 Å². The van der Waals surface area contributed by atoms with Crippen LogP contribution in [0.15, 0.2) is 46.6 Å². The van der Waals surface area contributed by atoms with E-state index in [0.717, 1.165) is 11.1 Å². The van der Waals surface area contributed by atoms with Crippen LogP contribution in [0.2, 0.25) is 0 Å². The molecular formula is C18H19FN2O3. The molecule has 2 aromatic carbocycles. The zero-order chi connectivity index (χ0) is 17.5. The second-order valence-corrected chi connectivity index (χ2v) is 4.90. The van der Waals surface area contributed by atoms with Crippen LogP contribution in [-0.2, 0) is 0 Å². The van der Waals surface area contributed by atoms with E-state index in [2.05, 4.69) is 10.2 Å². The molecule has 126 valence electrons. The molecule has 0 spiro atoms. The van der Waals surface area contributed by atoms with Gasteiger partial charge in [0, 0.05) is 5.56 Å². The van der Waals surface area contributed by atoms with Crippen molar-refractivity contribution >= 4 is 11.9 Å². The highest BCUT2D eigenvalue weighted by molar-refractivity contribution is 5.99.